The molecule has 37 heavy (non-hydrogen) atoms. The zero-order valence-corrected chi connectivity index (χ0v) is 22.7. The van der Waals surface area contributed by atoms with Crippen LogP contribution in [0.1, 0.15) is 37.7 Å². The van der Waals surface area contributed by atoms with Crippen LogP contribution in [0.4, 0.5) is 4.39 Å². The van der Waals surface area contributed by atoms with Crippen LogP contribution in [0.3, 0.4) is 0 Å². The van der Waals surface area contributed by atoms with E-state index in [4.69, 9.17) is 21.3 Å². The molecule has 0 radical (unpaired) electrons. The Morgan fingerprint density at radius 2 is 1.68 bits per heavy atom. The van der Waals surface area contributed by atoms with Crippen molar-refractivity contribution >= 4 is 38.3 Å². The van der Waals surface area contributed by atoms with Gasteiger partial charge in [-0.05, 0) is 67.4 Å². The van der Waals surface area contributed by atoms with Crippen molar-refractivity contribution in [1.82, 2.24) is 9.55 Å². The van der Waals surface area contributed by atoms with Crippen molar-refractivity contribution in [3.8, 4) is 5.75 Å². The molecular weight excluding hydrogens is 515 g/mol. The Kier molecular flexibility index (Phi) is 7.44. The number of fused-ring (bicyclic) bond motifs is 1. The van der Waals surface area contributed by atoms with Gasteiger partial charge in [-0.3, -0.25) is 4.79 Å². The molecule has 9 heteroatoms. The highest BCUT2D eigenvalue weighted by molar-refractivity contribution is 7.91. The summed E-state index contributed by atoms with van der Waals surface area (Å²) >= 11 is 5.85. The number of imidazole rings is 1. The van der Waals surface area contributed by atoms with Gasteiger partial charge in [-0.15, -0.1) is 0 Å². The standard InChI is InChI=1S/C28H28ClFN2O4S/c1-5-37(34,35)22-10-6-18(7-11-22)14-21(33)15-19-8-12-25-24(16-19)31-27(32(25)4)28(2,3)36-26-13-9-20(29)17-23(26)30/h6-13,16-17H,5,14-15H2,1-4H3. The molecule has 1 heterocycles. The van der Waals surface area contributed by atoms with E-state index in [-0.39, 0.29) is 40.0 Å². The Labute approximate surface area is 221 Å². The summed E-state index contributed by atoms with van der Waals surface area (Å²) in [5.41, 5.74) is 2.18. The Morgan fingerprint density at radius 1 is 1.03 bits per heavy atom. The van der Waals surface area contributed by atoms with Crippen LogP contribution in [0.25, 0.3) is 11.0 Å². The van der Waals surface area contributed by atoms with Gasteiger partial charge in [0.05, 0.1) is 21.7 Å². The number of nitrogens with zero attached hydrogens (tertiary/aromatic N) is 2. The highest BCUT2D eigenvalue weighted by atomic mass is 35.5. The van der Waals surface area contributed by atoms with Gasteiger partial charge >= 0.3 is 0 Å². The second-order valence-corrected chi connectivity index (χ2v) is 12.2. The van der Waals surface area contributed by atoms with E-state index >= 15 is 0 Å². The first-order valence-corrected chi connectivity index (χ1v) is 13.9. The summed E-state index contributed by atoms with van der Waals surface area (Å²) in [5, 5.41) is 0.286. The van der Waals surface area contributed by atoms with E-state index in [0.717, 1.165) is 16.6 Å². The van der Waals surface area contributed by atoms with Crippen LogP contribution in [-0.2, 0) is 40.1 Å². The second-order valence-electron chi connectivity index (χ2n) is 9.44. The van der Waals surface area contributed by atoms with E-state index in [0.29, 0.717) is 11.3 Å². The van der Waals surface area contributed by atoms with Crippen LogP contribution >= 0.6 is 11.6 Å². The molecule has 0 bridgehead atoms. The number of ether oxygens (including phenoxy) is 1. The smallest absolute Gasteiger partial charge is 0.178 e. The van der Waals surface area contributed by atoms with E-state index in [1.54, 1.807) is 37.3 Å². The van der Waals surface area contributed by atoms with Gasteiger partial charge < -0.3 is 9.30 Å². The predicted molar refractivity (Wildman–Crippen MR) is 142 cm³/mol. The molecule has 0 atom stereocenters. The summed E-state index contributed by atoms with van der Waals surface area (Å²) in [7, 11) is -1.41. The summed E-state index contributed by atoms with van der Waals surface area (Å²) in [6, 6.07) is 16.4. The summed E-state index contributed by atoms with van der Waals surface area (Å²) in [5.74, 6) is 0.158. The maximum absolute atomic E-state index is 14.3. The van der Waals surface area contributed by atoms with E-state index in [9.17, 15) is 17.6 Å². The molecule has 4 rings (SSSR count). The van der Waals surface area contributed by atoms with Gasteiger partial charge in [-0.1, -0.05) is 36.7 Å². The van der Waals surface area contributed by atoms with Crippen molar-refractivity contribution in [2.24, 2.45) is 7.05 Å². The van der Waals surface area contributed by atoms with Crippen molar-refractivity contribution in [2.75, 3.05) is 5.75 Å². The molecule has 0 aliphatic rings. The molecule has 1 aromatic heterocycles. The van der Waals surface area contributed by atoms with Crippen LogP contribution in [0.15, 0.2) is 65.6 Å². The molecule has 0 saturated carbocycles. The number of benzene rings is 3. The monoisotopic (exact) mass is 542 g/mol. The number of sulfone groups is 1. The number of carbonyl (C=O) groups is 1. The first-order chi connectivity index (χ1) is 17.4. The van der Waals surface area contributed by atoms with Crippen molar-refractivity contribution in [1.29, 1.82) is 0 Å². The third kappa shape index (κ3) is 5.86. The maximum atomic E-state index is 14.3. The molecule has 0 unspecified atom stereocenters. The second kappa shape index (κ2) is 10.3. The van der Waals surface area contributed by atoms with E-state index < -0.39 is 21.3 Å². The topological polar surface area (TPSA) is 78.3 Å². The molecule has 6 nitrogen and oxygen atoms in total. The number of aryl methyl sites for hydroxylation is 1. The Morgan fingerprint density at radius 3 is 2.32 bits per heavy atom. The number of ketones is 1. The lowest BCUT2D eigenvalue weighted by Gasteiger charge is -2.26. The predicted octanol–water partition coefficient (Wildman–Crippen LogP) is 5.83. The van der Waals surface area contributed by atoms with Crippen molar-refractivity contribution < 1.29 is 22.3 Å². The van der Waals surface area contributed by atoms with Crippen LogP contribution in [0, 0.1) is 5.82 Å². The molecule has 3 aromatic carbocycles. The maximum Gasteiger partial charge on any atom is 0.178 e. The third-order valence-electron chi connectivity index (χ3n) is 6.21. The highest BCUT2D eigenvalue weighted by Crippen LogP contribution is 2.32. The largest absolute Gasteiger partial charge is 0.477 e. The van der Waals surface area contributed by atoms with Crippen LogP contribution in [-0.4, -0.2) is 29.5 Å². The average molecular weight is 543 g/mol. The molecule has 0 aliphatic heterocycles. The van der Waals surface area contributed by atoms with Crippen molar-refractivity contribution in [3.63, 3.8) is 0 Å². The lowest BCUT2D eigenvalue weighted by Crippen LogP contribution is -2.29. The number of Topliss-reactive ketones (excluding diaryl/α,β-unsaturated/α-hetero) is 1. The van der Waals surface area contributed by atoms with Gasteiger partial charge in [0.15, 0.2) is 32.8 Å². The third-order valence-corrected chi connectivity index (χ3v) is 8.19. The zero-order valence-electron chi connectivity index (χ0n) is 21.1. The lowest BCUT2D eigenvalue weighted by molar-refractivity contribution is -0.117. The fourth-order valence-corrected chi connectivity index (χ4v) is 5.31. The van der Waals surface area contributed by atoms with E-state index in [1.165, 1.54) is 12.1 Å². The van der Waals surface area contributed by atoms with Gasteiger partial charge in [-0.2, -0.15) is 0 Å². The van der Waals surface area contributed by atoms with E-state index in [2.05, 4.69) is 0 Å². The number of hydrogen-bond donors (Lipinski definition) is 0. The summed E-state index contributed by atoms with van der Waals surface area (Å²) < 4.78 is 46.2. The Hall–Kier alpha value is -3.23. The fraction of sp³-hybridized carbons (Fsp3) is 0.286. The summed E-state index contributed by atoms with van der Waals surface area (Å²) in [6.07, 6.45) is 0.415. The van der Waals surface area contributed by atoms with Crippen molar-refractivity contribution in [3.05, 3.63) is 88.5 Å². The van der Waals surface area contributed by atoms with Gasteiger partial charge in [-0.25, -0.2) is 17.8 Å². The van der Waals surface area contributed by atoms with Gasteiger partial charge in [0.1, 0.15) is 5.78 Å². The molecular formula is C28H28ClFN2O4S. The lowest BCUT2D eigenvalue weighted by atomic mass is 10.0. The minimum atomic E-state index is -3.27. The van der Waals surface area contributed by atoms with Gasteiger partial charge in [0, 0.05) is 24.9 Å². The number of carbonyl (C=O) groups excluding carboxylic acids is 1. The molecule has 0 fully saturated rings. The fourth-order valence-electron chi connectivity index (χ4n) is 4.27. The molecule has 0 N–H and O–H groups in total. The molecule has 4 aromatic rings. The highest BCUT2D eigenvalue weighted by Gasteiger charge is 2.30. The van der Waals surface area contributed by atoms with Gasteiger partial charge in [0.2, 0.25) is 0 Å². The number of rotatable bonds is 9. The number of halogens is 2. The van der Waals surface area contributed by atoms with Crippen LogP contribution < -0.4 is 4.74 Å². The Bertz CT molecular complexity index is 1580. The average Bonchev–Trinajstić information content (AvgIpc) is 3.18. The first kappa shape index (κ1) is 26.8. The molecule has 0 saturated heterocycles. The molecule has 0 spiro atoms. The molecule has 194 valence electrons. The minimum Gasteiger partial charge on any atom is -0.477 e. The quantitative estimate of drug-likeness (QED) is 0.266. The van der Waals surface area contributed by atoms with Crippen LogP contribution in [0.5, 0.6) is 5.75 Å². The normalized spacial score (nSPS) is 12.2. The zero-order chi connectivity index (χ0) is 27.0. The summed E-state index contributed by atoms with van der Waals surface area (Å²) in [6.45, 7) is 5.22. The van der Waals surface area contributed by atoms with E-state index in [1.807, 2.05) is 43.7 Å². The molecule has 0 aliphatic carbocycles. The van der Waals surface area contributed by atoms with Crippen LogP contribution in [0.2, 0.25) is 5.02 Å². The number of hydrogen-bond acceptors (Lipinski definition) is 5. The van der Waals surface area contributed by atoms with Gasteiger partial charge in [0.25, 0.3) is 0 Å². The first-order valence-electron chi connectivity index (χ1n) is 11.8. The SMILES string of the molecule is CCS(=O)(=O)c1ccc(CC(=O)Cc2ccc3c(c2)nc(C(C)(C)Oc2ccc(Cl)cc2F)n3C)cc1. The Balaban J connectivity index is 1.51. The number of aromatic nitrogens is 2. The van der Waals surface area contributed by atoms with Crippen molar-refractivity contribution in [2.45, 2.75) is 44.1 Å². The molecule has 0 amide bonds. The minimum absolute atomic E-state index is 0.00322. The summed E-state index contributed by atoms with van der Waals surface area (Å²) in [4.78, 5) is 17.7.